The maximum atomic E-state index is 12.4. The molecule has 0 aliphatic heterocycles. The zero-order chi connectivity index (χ0) is 18.6. The molecule has 2 atom stereocenters. The third kappa shape index (κ3) is 4.28. The molecule has 2 saturated carbocycles. The number of aromatic nitrogens is 3. The van der Waals surface area contributed by atoms with Crippen LogP contribution in [0.5, 0.6) is 0 Å². The van der Waals surface area contributed by atoms with Gasteiger partial charge in [-0.25, -0.2) is 4.68 Å². The third-order valence-corrected chi connectivity index (χ3v) is 6.00. The molecule has 2 aromatic rings. The van der Waals surface area contributed by atoms with Gasteiger partial charge in [0.05, 0.1) is 17.8 Å². The Kier molecular flexibility index (Phi) is 5.64. The van der Waals surface area contributed by atoms with Crippen LogP contribution in [0.3, 0.4) is 0 Å². The number of nitrogens with one attached hydrogen (secondary N) is 1. The van der Waals surface area contributed by atoms with E-state index in [4.69, 9.17) is 0 Å². The van der Waals surface area contributed by atoms with Crippen LogP contribution in [0.2, 0.25) is 0 Å². The van der Waals surface area contributed by atoms with Crippen LogP contribution in [0.15, 0.2) is 41.5 Å². The number of aliphatic hydroxyl groups is 1. The van der Waals surface area contributed by atoms with Crippen LogP contribution in [0.1, 0.15) is 57.4 Å². The molecule has 0 aromatic carbocycles. The summed E-state index contributed by atoms with van der Waals surface area (Å²) in [5, 5.41) is 18.5. The fraction of sp³-hybridized carbons (Fsp3) is 0.571. The van der Waals surface area contributed by atoms with Crippen LogP contribution >= 0.6 is 0 Å². The van der Waals surface area contributed by atoms with Crippen LogP contribution in [0.4, 0.5) is 0 Å². The molecule has 2 heterocycles. The number of nitrogens with zero attached hydrogens (tertiary/aromatic N) is 3. The van der Waals surface area contributed by atoms with E-state index in [9.17, 15) is 9.90 Å². The number of hydrogen-bond donors (Lipinski definition) is 2. The molecule has 0 radical (unpaired) electrons. The molecule has 2 aliphatic carbocycles. The van der Waals surface area contributed by atoms with E-state index in [1.165, 1.54) is 6.42 Å². The van der Waals surface area contributed by atoms with Crippen molar-refractivity contribution >= 4 is 0 Å². The predicted octanol–water partition coefficient (Wildman–Crippen LogP) is 2.68. The quantitative estimate of drug-likeness (QED) is 0.867. The Morgan fingerprint density at radius 1 is 1.04 bits per heavy atom. The molecule has 27 heavy (non-hydrogen) atoms. The Morgan fingerprint density at radius 2 is 1.85 bits per heavy atom. The highest BCUT2D eigenvalue weighted by Crippen LogP contribution is 2.29. The Hall–Kier alpha value is -2.05. The number of hydrogen-bond acceptors (Lipinski definition) is 5. The molecule has 6 nitrogen and oxygen atoms in total. The van der Waals surface area contributed by atoms with Crippen molar-refractivity contribution in [3.8, 4) is 11.3 Å². The fourth-order valence-corrected chi connectivity index (χ4v) is 4.45. The predicted molar refractivity (Wildman–Crippen MR) is 104 cm³/mol. The summed E-state index contributed by atoms with van der Waals surface area (Å²) in [4.78, 5) is 16.5. The van der Waals surface area contributed by atoms with Crippen molar-refractivity contribution in [2.24, 2.45) is 0 Å². The molecule has 0 saturated heterocycles. The summed E-state index contributed by atoms with van der Waals surface area (Å²) in [6.07, 6.45) is 11.5. The van der Waals surface area contributed by atoms with Crippen LogP contribution in [0, 0.1) is 0 Å². The SMILES string of the molecule is O=c1ccc(-c2cccnc2)nn1C1CCC(NC2CCCCC2O)CC1. The van der Waals surface area contributed by atoms with Gasteiger partial charge in [0.2, 0.25) is 0 Å². The second-order valence-corrected chi connectivity index (χ2v) is 7.87. The van der Waals surface area contributed by atoms with Crippen molar-refractivity contribution < 1.29 is 5.11 Å². The molecule has 2 aromatic heterocycles. The fourth-order valence-electron chi connectivity index (χ4n) is 4.45. The zero-order valence-electron chi connectivity index (χ0n) is 15.6. The standard InChI is InChI=1S/C21H28N4O2/c26-20-6-2-1-5-19(20)23-16-7-9-17(10-8-16)25-21(27)12-11-18(24-25)15-4-3-13-22-14-15/h3-4,11-14,16-17,19-20,23,26H,1-2,5-10H2. The van der Waals surface area contributed by atoms with Crippen molar-refractivity contribution in [2.75, 3.05) is 0 Å². The molecule has 2 unspecified atom stereocenters. The van der Waals surface area contributed by atoms with Gasteiger partial charge in [0.15, 0.2) is 0 Å². The summed E-state index contributed by atoms with van der Waals surface area (Å²) in [5.74, 6) is 0. The van der Waals surface area contributed by atoms with Gasteiger partial charge in [0, 0.05) is 36.1 Å². The van der Waals surface area contributed by atoms with E-state index >= 15 is 0 Å². The molecule has 2 fully saturated rings. The highest BCUT2D eigenvalue weighted by Gasteiger charge is 2.29. The van der Waals surface area contributed by atoms with Crippen LogP contribution in [-0.2, 0) is 0 Å². The van der Waals surface area contributed by atoms with E-state index in [1.54, 1.807) is 29.2 Å². The lowest BCUT2D eigenvalue weighted by Gasteiger charge is -2.36. The Balaban J connectivity index is 1.41. The molecule has 4 rings (SSSR count). The summed E-state index contributed by atoms with van der Waals surface area (Å²) in [6, 6.07) is 8.02. The van der Waals surface area contributed by atoms with Crippen molar-refractivity contribution in [3.63, 3.8) is 0 Å². The largest absolute Gasteiger partial charge is 0.392 e. The molecule has 2 aliphatic rings. The average Bonchev–Trinajstić information content (AvgIpc) is 2.71. The van der Waals surface area contributed by atoms with Crippen LogP contribution < -0.4 is 10.9 Å². The Morgan fingerprint density at radius 3 is 2.59 bits per heavy atom. The highest BCUT2D eigenvalue weighted by molar-refractivity contribution is 5.56. The maximum absolute atomic E-state index is 12.4. The smallest absolute Gasteiger partial charge is 0.267 e. The van der Waals surface area contributed by atoms with E-state index < -0.39 is 0 Å². The molecular formula is C21H28N4O2. The molecule has 144 valence electrons. The summed E-state index contributed by atoms with van der Waals surface area (Å²) in [6.45, 7) is 0. The van der Waals surface area contributed by atoms with Gasteiger partial charge in [0.1, 0.15) is 0 Å². The van der Waals surface area contributed by atoms with Crippen molar-refractivity contribution in [1.29, 1.82) is 0 Å². The van der Waals surface area contributed by atoms with Crippen molar-refractivity contribution in [1.82, 2.24) is 20.1 Å². The minimum atomic E-state index is -0.211. The second kappa shape index (κ2) is 8.31. The van der Waals surface area contributed by atoms with E-state index in [-0.39, 0.29) is 23.7 Å². The van der Waals surface area contributed by atoms with Gasteiger partial charge in [-0.1, -0.05) is 12.8 Å². The average molecular weight is 368 g/mol. The molecular weight excluding hydrogens is 340 g/mol. The van der Waals surface area contributed by atoms with Gasteiger partial charge in [0.25, 0.3) is 5.56 Å². The number of rotatable bonds is 4. The monoisotopic (exact) mass is 368 g/mol. The first-order valence-electron chi connectivity index (χ1n) is 10.1. The Bertz CT molecular complexity index is 799. The molecule has 0 bridgehead atoms. The third-order valence-electron chi connectivity index (χ3n) is 6.00. The van der Waals surface area contributed by atoms with E-state index in [2.05, 4.69) is 15.4 Å². The lowest BCUT2D eigenvalue weighted by Crippen LogP contribution is -2.48. The minimum absolute atomic E-state index is 0.0400. The van der Waals surface area contributed by atoms with Crippen LogP contribution in [-0.4, -0.2) is 38.1 Å². The van der Waals surface area contributed by atoms with Gasteiger partial charge in [-0.2, -0.15) is 5.10 Å². The highest BCUT2D eigenvalue weighted by atomic mass is 16.3. The van der Waals surface area contributed by atoms with Crippen molar-refractivity contribution in [3.05, 3.63) is 47.0 Å². The van der Waals surface area contributed by atoms with Gasteiger partial charge < -0.3 is 10.4 Å². The van der Waals surface area contributed by atoms with Crippen molar-refractivity contribution in [2.45, 2.75) is 75.6 Å². The van der Waals surface area contributed by atoms with Gasteiger partial charge in [-0.15, -0.1) is 0 Å². The van der Waals surface area contributed by atoms with Gasteiger partial charge >= 0.3 is 0 Å². The maximum Gasteiger partial charge on any atom is 0.267 e. The van der Waals surface area contributed by atoms with E-state index in [0.717, 1.165) is 56.2 Å². The lowest BCUT2D eigenvalue weighted by molar-refractivity contribution is 0.0795. The van der Waals surface area contributed by atoms with E-state index in [1.807, 2.05) is 12.1 Å². The number of pyridine rings is 1. The minimum Gasteiger partial charge on any atom is -0.392 e. The molecule has 0 spiro atoms. The summed E-state index contributed by atoms with van der Waals surface area (Å²) in [7, 11) is 0. The molecule has 0 amide bonds. The Labute approximate surface area is 159 Å². The first-order chi connectivity index (χ1) is 13.2. The first-order valence-corrected chi connectivity index (χ1v) is 10.1. The molecule has 2 N–H and O–H groups in total. The number of aliphatic hydroxyl groups excluding tert-OH is 1. The topological polar surface area (TPSA) is 80.0 Å². The van der Waals surface area contributed by atoms with Gasteiger partial charge in [-0.05, 0) is 56.7 Å². The second-order valence-electron chi connectivity index (χ2n) is 7.87. The normalized spacial score (nSPS) is 28.8. The van der Waals surface area contributed by atoms with Crippen LogP contribution in [0.25, 0.3) is 11.3 Å². The molecule has 6 heteroatoms. The zero-order valence-corrected chi connectivity index (χ0v) is 15.6. The van der Waals surface area contributed by atoms with Gasteiger partial charge in [-0.3, -0.25) is 9.78 Å². The first kappa shape index (κ1) is 18.3. The lowest BCUT2D eigenvalue weighted by atomic mass is 9.87. The summed E-state index contributed by atoms with van der Waals surface area (Å²) < 4.78 is 1.66. The van der Waals surface area contributed by atoms with E-state index in [0.29, 0.717) is 6.04 Å². The summed E-state index contributed by atoms with van der Waals surface area (Å²) >= 11 is 0. The summed E-state index contributed by atoms with van der Waals surface area (Å²) in [5.41, 5.74) is 1.67.